The SMILES string of the molecule is CC[C@@H](C)NC(=O)[C@@H](Cc1ccccc1)N(Cc1ccccc1)C(=O)CCCN(c1cccc(C)c1C)S(C)(=O)=O. The second-order valence-electron chi connectivity index (χ2n) is 10.7. The summed E-state index contributed by atoms with van der Waals surface area (Å²) in [6.45, 7) is 8.25. The van der Waals surface area contributed by atoms with Gasteiger partial charge in [0.2, 0.25) is 21.8 Å². The maximum absolute atomic E-state index is 13.9. The molecule has 0 aromatic heterocycles. The summed E-state index contributed by atoms with van der Waals surface area (Å²) in [5, 5.41) is 3.08. The maximum Gasteiger partial charge on any atom is 0.243 e. The van der Waals surface area contributed by atoms with Gasteiger partial charge in [-0.1, -0.05) is 79.7 Å². The van der Waals surface area contributed by atoms with Gasteiger partial charge in [0.25, 0.3) is 0 Å². The third-order valence-corrected chi connectivity index (χ3v) is 8.64. The molecule has 0 radical (unpaired) electrons. The number of benzene rings is 3. The molecule has 3 aromatic rings. The Kier molecular flexibility index (Phi) is 11.5. The lowest BCUT2D eigenvalue weighted by Gasteiger charge is -2.33. The summed E-state index contributed by atoms with van der Waals surface area (Å²) in [5.74, 6) is -0.385. The molecule has 0 bridgehead atoms. The van der Waals surface area contributed by atoms with Crippen LogP contribution in [0.15, 0.2) is 78.9 Å². The first kappa shape index (κ1) is 31.9. The molecule has 0 heterocycles. The van der Waals surface area contributed by atoms with Crippen LogP contribution in [0.2, 0.25) is 0 Å². The molecular formula is C33H43N3O4S. The largest absolute Gasteiger partial charge is 0.352 e. The number of nitrogens with one attached hydrogen (secondary N) is 1. The molecule has 0 aliphatic carbocycles. The van der Waals surface area contributed by atoms with E-state index in [-0.39, 0.29) is 37.4 Å². The fourth-order valence-corrected chi connectivity index (χ4v) is 5.78. The molecule has 0 saturated carbocycles. The lowest BCUT2D eigenvalue weighted by Crippen LogP contribution is -2.52. The van der Waals surface area contributed by atoms with Gasteiger partial charge >= 0.3 is 0 Å². The standard InChI is InChI=1S/C33H43N3O4S/c1-6-26(3)34-33(38)31(23-28-16-9-7-10-17-28)35(24-29-18-11-8-12-19-29)32(37)21-14-22-36(41(5,39)40)30-20-13-15-25(2)27(30)4/h7-13,15-20,26,31H,6,14,21-24H2,1-5H3,(H,34,38)/t26-,31-/m1/s1. The molecule has 3 rings (SSSR count). The summed E-state index contributed by atoms with van der Waals surface area (Å²) < 4.78 is 26.9. The Morgan fingerprint density at radius 3 is 2.07 bits per heavy atom. The Balaban J connectivity index is 1.89. The molecule has 2 atom stereocenters. The van der Waals surface area contributed by atoms with Crippen LogP contribution in [-0.2, 0) is 32.6 Å². The van der Waals surface area contributed by atoms with Crippen molar-refractivity contribution >= 4 is 27.5 Å². The van der Waals surface area contributed by atoms with E-state index in [9.17, 15) is 18.0 Å². The Hall–Kier alpha value is -3.65. The van der Waals surface area contributed by atoms with E-state index in [2.05, 4.69) is 5.32 Å². The van der Waals surface area contributed by atoms with E-state index in [0.29, 0.717) is 18.5 Å². The summed E-state index contributed by atoms with van der Waals surface area (Å²) in [6.07, 6.45) is 2.75. The molecular weight excluding hydrogens is 534 g/mol. The topological polar surface area (TPSA) is 86.8 Å². The number of sulfonamides is 1. The molecule has 0 spiro atoms. The summed E-state index contributed by atoms with van der Waals surface area (Å²) in [5.41, 5.74) is 4.39. The second kappa shape index (κ2) is 14.8. The van der Waals surface area contributed by atoms with Crippen LogP contribution in [0, 0.1) is 13.8 Å². The van der Waals surface area contributed by atoms with Gasteiger partial charge < -0.3 is 10.2 Å². The zero-order valence-electron chi connectivity index (χ0n) is 24.8. The van der Waals surface area contributed by atoms with Crippen molar-refractivity contribution in [1.82, 2.24) is 10.2 Å². The van der Waals surface area contributed by atoms with Gasteiger partial charge in [-0.25, -0.2) is 8.42 Å². The summed E-state index contributed by atoms with van der Waals surface area (Å²) >= 11 is 0. The molecule has 8 heteroatoms. The number of amides is 2. The Morgan fingerprint density at radius 1 is 0.878 bits per heavy atom. The molecule has 0 fully saturated rings. The molecule has 0 unspecified atom stereocenters. The molecule has 2 amide bonds. The molecule has 0 aliphatic heterocycles. The normalized spacial score (nSPS) is 12.8. The fraction of sp³-hybridized carbons (Fsp3) is 0.394. The zero-order valence-corrected chi connectivity index (χ0v) is 25.7. The van der Waals surface area contributed by atoms with E-state index in [0.717, 1.165) is 28.7 Å². The average Bonchev–Trinajstić information content (AvgIpc) is 2.95. The number of rotatable bonds is 14. The van der Waals surface area contributed by atoms with E-state index in [4.69, 9.17) is 0 Å². The van der Waals surface area contributed by atoms with Crippen molar-refractivity contribution in [2.45, 2.75) is 72.0 Å². The number of nitrogens with zero attached hydrogens (tertiary/aromatic N) is 2. The third kappa shape index (κ3) is 9.18. The zero-order chi connectivity index (χ0) is 30.0. The van der Waals surface area contributed by atoms with Crippen LogP contribution < -0.4 is 9.62 Å². The van der Waals surface area contributed by atoms with E-state index in [1.54, 1.807) is 11.0 Å². The first-order valence-electron chi connectivity index (χ1n) is 14.2. The predicted octanol–water partition coefficient (Wildman–Crippen LogP) is 5.40. The molecule has 0 aliphatic rings. The van der Waals surface area contributed by atoms with Crippen LogP contribution in [0.4, 0.5) is 5.69 Å². The smallest absolute Gasteiger partial charge is 0.243 e. The minimum atomic E-state index is -3.57. The minimum Gasteiger partial charge on any atom is -0.352 e. The number of carbonyl (C=O) groups is 2. The summed E-state index contributed by atoms with van der Waals surface area (Å²) in [7, 11) is -3.57. The highest BCUT2D eigenvalue weighted by Crippen LogP contribution is 2.26. The number of hydrogen-bond acceptors (Lipinski definition) is 4. The van der Waals surface area contributed by atoms with Crippen LogP contribution in [0.5, 0.6) is 0 Å². The molecule has 3 aromatic carbocycles. The lowest BCUT2D eigenvalue weighted by molar-refractivity contribution is -0.141. The minimum absolute atomic E-state index is 0.0321. The van der Waals surface area contributed by atoms with Crippen molar-refractivity contribution < 1.29 is 18.0 Å². The van der Waals surface area contributed by atoms with E-state index < -0.39 is 16.1 Å². The highest BCUT2D eigenvalue weighted by molar-refractivity contribution is 7.92. The highest BCUT2D eigenvalue weighted by Gasteiger charge is 2.31. The van der Waals surface area contributed by atoms with Crippen molar-refractivity contribution in [2.24, 2.45) is 0 Å². The number of carbonyl (C=O) groups excluding carboxylic acids is 2. The monoisotopic (exact) mass is 577 g/mol. The molecule has 0 saturated heterocycles. The van der Waals surface area contributed by atoms with Crippen molar-refractivity contribution in [3.8, 4) is 0 Å². The van der Waals surface area contributed by atoms with Crippen LogP contribution >= 0.6 is 0 Å². The van der Waals surface area contributed by atoms with Gasteiger partial charge in [0.1, 0.15) is 6.04 Å². The molecule has 220 valence electrons. The van der Waals surface area contributed by atoms with Gasteiger partial charge in [-0.3, -0.25) is 13.9 Å². The van der Waals surface area contributed by atoms with Gasteiger partial charge in [-0.2, -0.15) is 0 Å². The number of anilines is 1. The van der Waals surface area contributed by atoms with E-state index in [1.165, 1.54) is 10.6 Å². The van der Waals surface area contributed by atoms with E-state index in [1.807, 2.05) is 100 Å². The van der Waals surface area contributed by atoms with Gasteiger partial charge in [-0.05, 0) is 61.9 Å². The summed E-state index contributed by atoms with van der Waals surface area (Å²) in [4.78, 5) is 29.2. The third-order valence-electron chi connectivity index (χ3n) is 7.46. The van der Waals surface area contributed by atoms with Crippen molar-refractivity contribution in [3.05, 3.63) is 101 Å². The highest BCUT2D eigenvalue weighted by atomic mass is 32.2. The van der Waals surface area contributed by atoms with Gasteiger partial charge in [0.05, 0.1) is 11.9 Å². The van der Waals surface area contributed by atoms with Crippen molar-refractivity contribution in [3.63, 3.8) is 0 Å². The first-order valence-corrected chi connectivity index (χ1v) is 16.1. The van der Waals surface area contributed by atoms with Crippen LogP contribution in [0.3, 0.4) is 0 Å². The predicted molar refractivity (Wildman–Crippen MR) is 166 cm³/mol. The van der Waals surface area contributed by atoms with Gasteiger partial charge in [0.15, 0.2) is 0 Å². The van der Waals surface area contributed by atoms with Crippen molar-refractivity contribution in [1.29, 1.82) is 0 Å². The van der Waals surface area contributed by atoms with E-state index >= 15 is 0 Å². The molecule has 41 heavy (non-hydrogen) atoms. The molecule has 1 N–H and O–H groups in total. The Morgan fingerprint density at radius 2 is 1.49 bits per heavy atom. The fourth-order valence-electron chi connectivity index (χ4n) is 4.76. The number of hydrogen-bond donors (Lipinski definition) is 1. The van der Waals surface area contributed by atoms with Gasteiger partial charge in [-0.15, -0.1) is 0 Å². The van der Waals surface area contributed by atoms with Crippen molar-refractivity contribution in [2.75, 3.05) is 17.1 Å². The first-order chi connectivity index (χ1) is 19.5. The summed E-state index contributed by atoms with van der Waals surface area (Å²) in [6, 6.07) is 24.2. The Labute approximate surface area is 245 Å². The average molecular weight is 578 g/mol. The second-order valence-corrected chi connectivity index (χ2v) is 12.6. The molecule has 7 nitrogen and oxygen atoms in total. The lowest BCUT2D eigenvalue weighted by atomic mass is 10.0. The number of aryl methyl sites for hydroxylation is 1. The van der Waals surface area contributed by atoms with Crippen LogP contribution in [0.25, 0.3) is 0 Å². The quantitative estimate of drug-likeness (QED) is 0.278. The Bertz CT molecular complexity index is 1390. The van der Waals surface area contributed by atoms with Crippen LogP contribution in [0.1, 0.15) is 55.4 Å². The van der Waals surface area contributed by atoms with Crippen LogP contribution in [-0.4, -0.2) is 50.0 Å². The van der Waals surface area contributed by atoms with Gasteiger partial charge in [0, 0.05) is 32.0 Å². The maximum atomic E-state index is 13.9.